The zero-order chi connectivity index (χ0) is 11.3. The van der Waals surface area contributed by atoms with Gasteiger partial charge in [-0.25, -0.2) is 9.59 Å². The van der Waals surface area contributed by atoms with Gasteiger partial charge in [-0.1, -0.05) is 0 Å². The van der Waals surface area contributed by atoms with Crippen LogP contribution in [0.2, 0.25) is 0 Å². The van der Waals surface area contributed by atoms with Gasteiger partial charge in [-0.05, 0) is 0 Å². The molecule has 1 aromatic heterocycles. The van der Waals surface area contributed by atoms with E-state index in [4.69, 9.17) is 0 Å². The summed E-state index contributed by atoms with van der Waals surface area (Å²) >= 11 is 0. The topological polar surface area (TPSA) is 86.9 Å². The molecule has 0 aliphatic heterocycles. The molecular formula is C8H9NO6. The normalized spacial score (nSPS) is 9.20. The van der Waals surface area contributed by atoms with Crippen molar-refractivity contribution in [3.05, 3.63) is 12.4 Å². The summed E-state index contributed by atoms with van der Waals surface area (Å²) < 4.78 is 17.8. The lowest BCUT2D eigenvalue weighted by atomic mass is 10.5. The number of rotatable bonds is 2. The first-order valence-electron chi connectivity index (χ1n) is 3.85. The Morgan fingerprint density at radius 1 is 1.00 bits per heavy atom. The predicted octanol–water partition coefficient (Wildman–Crippen LogP) is 1.31. The zero-order valence-electron chi connectivity index (χ0n) is 8.10. The molecule has 1 heterocycles. The largest absolute Gasteiger partial charge is 0.513 e. The molecule has 0 saturated carbocycles. The summed E-state index contributed by atoms with van der Waals surface area (Å²) in [6.45, 7) is 0. The first-order valence-corrected chi connectivity index (χ1v) is 3.85. The van der Waals surface area contributed by atoms with Crippen LogP contribution in [0, 0.1) is 0 Å². The van der Waals surface area contributed by atoms with Gasteiger partial charge in [0.25, 0.3) is 0 Å². The zero-order valence-corrected chi connectivity index (χ0v) is 8.10. The highest BCUT2D eigenvalue weighted by Crippen LogP contribution is 2.26. The maximum absolute atomic E-state index is 10.8. The van der Waals surface area contributed by atoms with Crippen LogP contribution in [0.5, 0.6) is 11.5 Å². The predicted molar refractivity (Wildman–Crippen MR) is 46.9 cm³/mol. The molecule has 0 saturated heterocycles. The first-order chi connectivity index (χ1) is 7.17. The van der Waals surface area contributed by atoms with Gasteiger partial charge >= 0.3 is 12.3 Å². The Hall–Kier alpha value is -2.18. The number of methoxy groups -OCH3 is 2. The summed E-state index contributed by atoms with van der Waals surface area (Å²) in [5, 5.41) is 0. The maximum Gasteiger partial charge on any atom is 0.513 e. The average Bonchev–Trinajstić information content (AvgIpc) is 2.65. The van der Waals surface area contributed by atoms with E-state index in [1.54, 1.807) is 0 Å². The van der Waals surface area contributed by atoms with Crippen molar-refractivity contribution in [2.45, 2.75) is 0 Å². The van der Waals surface area contributed by atoms with E-state index in [9.17, 15) is 9.59 Å². The van der Waals surface area contributed by atoms with Crippen LogP contribution < -0.4 is 9.47 Å². The van der Waals surface area contributed by atoms with Crippen molar-refractivity contribution in [2.24, 2.45) is 0 Å². The van der Waals surface area contributed by atoms with E-state index in [-0.39, 0.29) is 11.5 Å². The van der Waals surface area contributed by atoms with Crippen LogP contribution >= 0.6 is 0 Å². The van der Waals surface area contributed by atoms with E-state index in [0.717, 1.165) is 14.2 Å². The summed E-state index contributed by atoms with van der Waals surface area (Å²) in [7, 11) is 2.33. The lowest BCUT2D eigenvalue weighted by molar-refractivity contribution is 0.111. The van der Waals surface area contributed by atoms with E-state index in [1.165, 1.54) is 12.4 Å². The molecule has 0 aromatic carbocycles. The molecule has 15 heavy (non-hydrogen) atoms. The molecule has 0 amide bonds. The highest BCUT2D eigenvalue weighted by Gasteiger charge is 2.14. The van der Waals surface area contributed by atoms with E-state index < -0.39 is 12.3 Å². The molecule has 1 rings (SSSR count). The average molecular weight is 215 g/mol. The minimum Gasteiger partial charge on any atom is -0.437 e. The highest BCUT2D eigenvalue weighted by atomic mass is 16.7. The monoisotopic (exact) mass is 215 g/mol. The van der Waals surface area contributed by atoms with Crippen LogP contribution in [0.4, 0.5) is 9.59 Å². The third-order valence-electron chi connectivity index (χ3n) is 1.39. The van der Waals surface area contributed by atoms with Crippen molar-refractivity contribution in [3.63, 3.8) is 0 Å². The molecule has 0 aliphatic rings. The van der Waals surface area contributed by atoms with Crippen LogP contribution in [0.1, 0.15) is 0 Å². The second-order valence-corrected chi connectivity index (χ2v) is 2.30. The van der Waals surface area contributed by atoms with Gasteiger partial charge in [0.1, 0.15) is 0 Å². The summed E-state index contributed by atoms with van der Waals surface area (Å²) in [6.07, 6.45) is 0.832. The minimum atomic E-state index is -0.913. The Balaban J connectivity index is 2.69. The van der Waals surface area contributed by atoms with Gasteiger partial charge in [-0.15, -0.1) is 0 Å². The number of hydrogen-bond acceptors (Lipinski definition) is 6. The number of aromatic nitrogens is 1. The van der Waals surface area contributed by atoms with Crippen LogP contribution in [-0.2, 0) is 9.47 Å². The van der Waals surface area contributed by atoms with Crippen LogP contribution in [-0.4, -0.2) is 31.5 Å². The Morgan fingerprint density at radius 3 is 1.73 bits per heavy atom. The molecule has 82 valence electrons. The maximum atomic E-state index is 10.8. The first kappa shape index (κ1) is 10.9. The van der Waals surface area contributed by atoms with Gasteiger partial charge in [-0.2, -0.15) is 0 Å². The lowest BCUT2D eigenvalue weighted by Gasteiger charge is -2.03. The van der Waals surface area contributed by atoms with E-state index in [2.05, 4.69) is 23.9 Å². The number of nitrogens with one attached hydrogen (secondary N) is 1. The number of ether oxygens (including phenoxy) is 4. The minimum absolute atomic E-state index is 0.0345. The van der Waals surface area contributed by atoms with Crippen molar-refractivity contribution in [1.82, 2.24) is 4.98 Å². The number of carbonyl (C=O) groups is 2. The molecule has 7 nitrogen and oxygen atoms in total. The fourth-order valence-corrected chi connectivity index (χ4v) is 0.758. The molecule has 7 heteroatoms. The lowest BCUT2D eigenvalue weighted by Crippen LogP contribution is -2.10. The highest BCUT2D eigenvalue weighted by molar-refractivity contribution is 5.68. The van der Waals surface area contributed by atoms with E-state index >= 15 is 0 Å². The van der Waals surface area contributed by atoms with E-state index in [1.807, 2.05) is 0 Å². The smallest absolute Gasteiger partial charge is 0.437 e. The summed E-state index contributed by atoms with van der Waals surface area (Å²) in [5.74, 6) is 0.0690. The molecule has 1 aromatic rings. The Bertz CT molecular complexity index is 325. The van der Waals surface area contributed by atoms with Crippen LogP contribution in [0.3, 0.4) is 0 Å². The Labute approximate surface area is 84.9 Å². The molecule has 0 spiro atoms. The van der Waals surface area contributed by atoms with Crippen molar-refractivity contribution < 1.29 is 28.5 Å². The van der Waals surface area contributed by atoms with E-state index in [0.29, 0.717) is 0 Å². The second kappa shape index (κ2) is 4.89. The molecular weight excluding hydrogens is 206 g/mol. The number of H-pyrrole nitrogens is 1. The number of carbonyl (C=O) groups excluding carboxylic acids is 2. The van der Waals surface area contributed by atoms with Crippen molar-refractivity contribution >= 4 is 12.3 Å². The van der Waals surface area contributed by atoms with Gasteiger partial charge in [0.05, 0.1) is 14.2 Å². The standard InChI is InChI=1S/C8H9NO6/c1-12-7(10)14-5-3-9-4-6(5)15-8(11)13-2/h3-4,9H,1-2H3. The van der Waals surface area contributed by atoms with Gasteiger partial charge in [0, 0.05) is 12.4 Å². The van der Waals surface area contributed by atoms with Crippen molar-refractivity contribution in [3.8, 4) is 11.5 Å². The molecule has 0 unspecified atom stereocenters. The van der Waals surface area contributed by atoms with Crippen LogP contribution in [0.25, 0.3) is 0 Å². The number of aromatic amines is 1. The fraction of sp³-hybridized carbons (Fsp3) is 0.250. The van der Waals surface area contributed by atoms with Gasteiger partial charge in [-0.3, -0.25) is 0 Å². The van der Waals surface area contributed by atoms with Crippen molar-refractivity contribution in [1.29, 1.82) is 0 Å². The Kier molecular flexibility index (Phi) is 3.55. The summed E-state index contributed by atoms with van der Waals surface area (Å²) in [6, 6.07) is 0. The quantitative estimate of drug-likeness (QED) is 0.748. The molecule has 0 aliphatic carbocycles. The number of hydrogen-bond donors (Lipinski definition) is 1. The molecule has 0 atom stereocenters. The Morgan fingerprint density at radius 2 is 1.40 bits per heavy atom. The van der Waals surface area contributed by atoms with Gasteiger partial charge in [0.15, 0.2) is 11.5 Å². The van der Waals surface area contributed by atoms with Gasteiger partial charge < -0.3 is 23.9 Å². The van der Waals surface area contributed by atoms with Gasteiger partial charge in [0.2, 0.25) is 0 Å². The third kappa shape index (κ3) is 2.90. The van der Waals surface area contributed by atoms with Crippen LogP contribution in [0.15, 0.2) is 12.4 Å². The third-order valence-corrected chi connectivity index (χ3v) is 1.39. The SMILES string of the molecule is COC(=O)Oc1c[nH]cc1OC(=O)OC. The second-order valence-electron chi connectivity index (χ2n) is 2.30. The fourth-order valence-electron chi connectivity index (χ4n) is 0.758. The summed E-state index contributed by atoms with van der Waals surface area (Å²) in [4.78, 5) is 24.1. The molecule has 0 fully saturated rings. The summed E-state index contributed by atoms with van der Waals surface area (Å²) in [5.41, 5.74) is 0. The van der Waals surface area contributed by atoms with Crippen molar-refractivity contribution in [2.75, 3.05) is 14.2 Å². The molecule has 0 radical (unpaired) electrons. The molecule has 0 bridgehead atoms. The molecule has 1 N–H and O–H groups in total.